The number of rotatable bonds is 15. The normalized spacial score (nSPS) is 16.1. The Morgan fingerprint density at radius 3 is 1.76 bits per heavy atom. The van der Waals surface area contributed by atoms with Crippen LogP contribution < -0.4 is 31.2 Å². The number of carbonyl (C=O) groups excluding carboxylic acids is 1. The molecule has 0 radical (unpaired) electrons. The van der Waals surface area contributed by atoms with E-state index < -0.39 is 31.3 Å². The number of aromatic nitrogens is 4. The monoisotopic (exact) mass is 926 g/mol. The molecule has 2 aliphatic heterocycles. The minimum absolute atomic E-state index is 0.00413. The summed E-state index contributed by atoms with van der Waals surface area (Å²) in [4.78, 5) is 30.1. The summed E-state index contributed by atoms with van der Waals surface area (Å²) in [5.41, 5.74) is 9.29. The number of benzene rings is 4. The Kier molecular flexibility index (Phi) is 15.1. The number of fused-ring (bicyclic) bond motifs is 2. The highest BCUT2D eigenvalue weighted by atomic mass is 35.5. The summed E-state index contributed by atoms with van der Waals surface area (Å²) < 4.78 is 73.1. The molecule has 2 aromatic heterocycles. The molecule has 0 spiro atoms. The van der Waals surface area contributed by atoms with E-state index in [1.54, 1.807) is 44.2 Å². The van der Waals surface area contributed by atoms with Crippen LogP contribution in [0, 0.1) is 11.6 Å². The first kappa shape index (κ1) is 45.6. The number of hydrogen-bond acceptors (Lipinski definition) is 15. The molecule has 0 aliphatic carbocycles. The van der Waals surface area contributed by atoms with Crippen molar-refractivity contribution in [1.82, 2.24) is 19.9 Å². The highest BCUT2D eigenvalue weighted by molar-refractivity contribution is 7.54. The molecule has 2 aliphatic rings. The van der Waals surface area contributed by atoms with Crippen molar-refractivity contribution >= 4 is 92.9 Å². The Labute approximate surface area is 370 Å². The molecule has 0 saturated carbocycles. The Morgan fingerprint density at radius 2 is 1.27 bits per heavy atom. The second-order valence-corrected chi connectivity index (χ2v) is 17.0. The van der Waals surface area contributed by atoms with Crippen LogP contribution in [0.25, 0.3) is 21.8 Å². The van der Waals surface area contributed by atoms with Crippen LogP contribution >= 0.6 is 30.8 Å². The number of hydrogen-bond donors (Lipinski definition) is 4. The van der Waals surface area contributed by atoms with Crippen molar-refractivity contribution in [2.75, 3.05) is 67.5 Å². The lowest BCUT2D eigenvalue weighted by molar-refractivity contribution is -0.114. The van der Waals surface area contributed by atoms with Crippen LogP contribution in [0.5, 0.6) is 11.5 Å². The molecule has 0 bridgehead atoms. The van der Waals surface area contributed by atoms with Gasteiger partial charge in [0.1, 0.15) is 65.8 Å². The van der Waals surface area contributed by atoms with E-state index in [9.17, 15) is 18.1 Å². The van der Waals surface area contributed by atoms with E-state index in [0.717, 1.165) is 11.8 Å². The Morgan fingerprint density at radius 1 is 0.762 bits per heavy atom. The summed E-state index contributed by atoms with van der Waals surface area (Å²) in [5.74, 6) is 0.281. The zero-order valence-electron chi connectivity index (χ0n) is 34.0. The first-order valence-corrected chi connectivity index (χ1v) is 22.3. The molecule has 1 amide bonds. The van der Waals surface area contributed by atoms with Gasteiger partial charge in [-0.05, 0) is 62.4 Å². The quantitative estimate of drug-likeness (QED) is 0.0560. The lowest BCUT2D eigenvalue weighted by atomic mass is 10.1. The maximum absolute atomic E-state index is 13.6. The molecule has 8 rings (SSSR count). The van der Waals surface area contributed by atoms with Crippen LogP contribution in [0.15, 0.2) is 73.3 Å². The highest BCUT2D eigenvalue weighted by Gasteiger charge is 2.29. The van der Waals surface area contributed by atoms with Gasteiger partial charge in [-0.1, -0.05) is 23.2 Å². The van der Waals surface area contributed by atoms with E-state index >= 15 is 0 Å². The molecular weight excluding hydrogens is 884 g/mol. The number of nitrogens with zero attached hydrogens (tertiary/aromatic N) is 4. The number of nitrogens with two attached hydrogens (primary N) is 1. The molecule has 332 valence electrons. The molecular formula is C42H43Cl2F2N8O8P. The molecule has 2 fully saturated rings. The highest BCUT2D eigenvalue weighted by Crippen LogP contribution is 2.48. The molecule has 2 atom stereocenters. The van der Waals surface area contributed by atoms with E-state index in [4.69, 9.17) is 56.9 Å². The van der Waals surface area contributed by atoms with E-state index in [-0.39, 0.29) is 35.5 Å². The van der Waals surface area contributed by atoms with Crippen molar-refractivity contribution in [2.24, 2.45) is 0 Å². The summed E-state index contributed by atoms with van der Waals surface area (Å²) in [6, 6.07) is 15.4. The van der Waals surface area contributed by atoms with E-state index in [2.05, 4.69) is 35.9 Å². The largest absolute Gasteiger partial charge is 0.486 e. The van der Waals surface area contributed by atoms with Gasteiger partial charge in [-0.25, -0.2) is 28.7 Å². The van der Waals surface area contributed by atoms with E-state index in [1.165, 1.54) is 43.0 Å². The van der Waals surface area contributed by atoms with Gasteiger partial charge in [0.25, 0.3) is 0 Å². The van der Waals surface area contributed by atoms with Gasteiger partial charge in [0.05, 0.1) is 72.1 Å². The van der Waals surface area contributed by atoms with Crippen LogP contribution in [0.3, 0.4) is 0 Å². The van der Waals surface area contributed by atoms with Crippen molar-refractivity contribution < 1.29 is 46.1 Å². The van der Waals surface area contributed by atoms with Crippen molar-refractivity contribution in [1.29, 1.82) is 0 Å². The zero-order valence-corrected chi connectivity index (χ0v) is 36.4. The fraction of sp³-hybridized carbons (Fsp3) is 0.310. The second-order valence-electron chi connectivity index (χ2n) is 14.1. The number of amides is 1. The number of anilines is 6. The third-order valence-corrected chi connectivity index (χ3v) is 12.1. The molecule has 5 N–H and O–H groups in total. The predicted octanol–water partition coefficient (Wildman–Crippen LogP) is 9.45. The average molecular weight is 928 g/mol. The van der Waals surface area contributed by atoms with Crippen molar-refractivity contribution in [2.45, 2.75) is 38.9 Å². The second kappa shape index (κ2) is 20.8. The van der Waals surface area contributed by atoms with Gasteiger partial charge in [0.15, 0.2) is 0 Å². The molecule has 2 saturated heterocycles. The lowest BCUT2D eigenvalue weighted by Crippen LogP contribution is -2.21. The number of ether oxygens (including phenoxy) is 4. The zero-order chi connectivity index (χ0) is 44.5. The number of carbonyl (C=O) groups is 1. The number of nitrogens with one attached hydrogen (secondary N) is 3. The van der Waals surface area contributed by atoms with Crippen LogP contribution in [-0.2, 0) is 27.9 Å². The van der Waals surface area contributed by atoms with Crippen LogP contribution in [0.2, 0.25) is 10.0 Å². The van der Waals surface area contributed by atoms with Gasteiger partial charge in [-0.15, -0.1) is 0 Å². The number of halogens is 4. The van der Waals surface area contributed by atoms with Gasteiger partial charge in [0, 0.05) is 47.1 Å². The standard InChI is InChI=1S/C24H27ClFN4O6P.C18H16ClFN4O2/c1-3-34-37(32,35-4-2)13-23(31)30-21-10-17-20(11-22(21)36-16-7-8-33-12-16)27-14-28-24(17)29-15-5-6-19(26)18(25)9-15;19-13-5-10(1-2-14(13)20)24-18-12-6-15(21)17(7-16(12)22-9-23-18)26-11-3-4-25-8-11/h5-6,9-11,14,16H,3-4,7-8,12-13H2,1-2H3,(H,30,31)(H,27,28,29);1-2,5-7,9,11H,3-4,8,21H2,(H,22,23,24)/t;11-/m.0/s1. The third kappa shape index (κ3) is 11.8. The smallest absolute Gasteiger partial charge is 0.340 e. The van der Waals surface area contributed by atoms with Gasteiger partial charge >= 0.3 is 7.60 Å². The van der Waals surface area contributed by atoms with Crippen molar-refractivity contribution in [3.8, 4) is 11.5 Å². The molecule has 4 aromatic carbocycles. The maximum atomic E-state index is 13.6. The van der Waals surface area contributed by atoms with Gasteiger partial charge in [-0.2, -0.15) is 0 Å². The summed E-state index contributed by atoms with van der Waals surface area (Å²) in [6.45, 7) is 5.84. The molecule has 1 unspecified atom stereocenters. The molecule has 16 nitrogen and oxygen atoms in total. The topological polar surface area (TPSA) is 203 Å². The van der Waals surface area contributed by atoms with Gasteiger partial charge in [-0.3, -0.25) is 9.36 Å². The number of nitrogen functional groups attached to an aromatic ring is 1. The summed E-state index contributed by atoms with van der Waals surface area (Å²) >= 11 is 11.7. The van der Waals surface area contributed by atoms with Crippen LogP contribution in [0.4, 0.5) is 43.2 Å². The first-order valence-electron chi connectivity index (χ1n) is 19.8. The van der Waals surface area contributed by atoms with Gasteiger partial charge < -0.3 is 49.7 Å². The fourth-order valence-electron chi connectivity index (χ4n) is 6.56. The molecule has 21 heteroatoms. The maximum Gasteiger partial charge on any atom is 0.340 e. The third-order valence-electron chi connectivity index (χ3n) is 9.49. The predicted molar refractivity (Wildman–Crippen MR) is 237 cm³/mol. The SMILES string of the molecule is CCOP(=O)(CC(=O)Nc1cc2c(Nc3ccc(F)c(Cl)c3)ncnc2cc1OC1CCOC1)OCC.Nc1cc2c(Nc3ccc(F)c(Cl)c3)ncnc2cc1O[C@H]1CCOC1. The van der Waals surface area contributed by atoms with Crippen molar-refractivity contribution in [3.63, 3.8) is 0 Å². The van der Waals surface area contributed by atoms with E-state index in [1.807, 2.05) is 0 Å². The summed E-state index contributed by atoms with van der Waals surface area (Å²) in [6.07, 6.45) is 3.66. The summed E-state index contributed by atoms with van der Waals surface area (Å²) in [7, 11) is -3.62. The lowest BCUT2D eigenvalue weighted by Gasteiger charge is -2.19. The average Bonchev–Trinajstić information content (AvgIpc) is 3.97. The Bertz CT molecular complexity index is 2630. The van der Waals surface area contributed by atoms with Crippen molar-refractivity contribution in [3.05, 3.63) is 95.0 Å². The minimum Gasteiger partial charge on any atom is -0.486 e. The minimum atomic E-state index is -3.62. The van der Waals surface area contributed by atoms with Crippen LogP contribution in [0.1, 0.15) is 26.7 Å². The van der Waals surface area contributed by atoms with E-state index in [0.29, 0.717) is 95.2 Å². The fourth-order valence-corrected chi connectivity index (χ4v) is 8.40. The van der Waals surface area contributed by atoms with Crippen LogP contribution in [-0.4, -0.2) is 83.9 Å². The van der Waals surface area contributed by atoms with Gasteiger partial charge in [0.2, 0.25) is 5.91 Å². The first-order chi connectivity index (χ1) is 30.4. The molecule has 4 heterocycles. The summed E-state index contributed by atoms with van der Waals surface area (Å²) in [5, 5.41) is 10.2. The molecule has 63 heavy (non-hydrogen) atoms. The Hall–Kier alpha value is -5.46. The molecule has 6 aromatic rings. The Balaban J connectivity index is 0.000000200.